The van der Waals surface area contributed by atoms with Gasteiger partial charge in [-0.25, -0.2) is 0 Å². The Balaban J connectivity index is 0.00000151. The smallest absolute Gasteiger partial charge is 0.181 e. The predicted molar refractivity (Wildman–Crippen MR) is 98.3 cm³/mol. The maximum Gasteiger partial charge on any atom is 0.181 e. The molecule has 0 bridgehead atoms. The SMILES string of the molecule is CC.Cc1c(C(=O)C2C(=O)CC(CO)C(C)(C)C2=O)ccc(S)c1O. The van der Waals surface area contributed by atoms with E-state index in [1.807, 2.05) is 13.8 Å². The third kappa shape index (κ3) is 3.80. The Bertz CT molecular complexity index is 693. The van der Waals surface area contributed by atoms with Crippen LogP contribution in [0.2, 0.25) is 0 Å². The van der Waals surface area contributed by atoms with Gasteiger partial charge in [0.2, 0.25) is 0 Å². The van der Waals surface area contributed by atoms with Crippen molar-refractivity contribution < 1.29 is 24.6 Å². The molecule has 138 valence electrons. The van der Waals surface area contributed by atoms with Crippen molar-refractivity contribution in [3.63, 3.8) is 0 Å². The molecule has 0 aliphatic heterocycles. The Morgan fingerprint density at radius 1 is 1.28 bits per heavy atom. The minimum absolute atomic E-state index is 0.0126. The number of thiol groups is 1. The van der Waals surface area contributed by atoms with Crippen LogP contribution in [0.3, 0.4) is 0 Å². The minimum Gasteiger partial charge on any atom is -0.506 e. The maximum absolute atomic E-state index is 12.7. The maximum atomic E-state index is 12.7. The van der Waals surface area contributed by atoms with Crippen molar-refractivity contribution in [1.29, 1.82) is 0 Å². The van der Waals surface area contributed by atoms with Gasteiger partial charge in [-0.15, -0.1) is 12.6 Å². The normalized spacial score (nSPS) is 22.2. The van der Waals surface area contributed by atoms with E-state index in [0.717, 1.165) is 0 Å². The number of aliphatic hydroxyl groups excluding tert-OH is 1. The van der Waals surface area contributed by atoms with Gasteiger partial charge in [-0.3, -0.25) is 14.4 Å². The van der Waals surface area contributed by atoms with E-state index in [0.29, 0.717) is 10.5 Å². The topological polar surface area (TPSA) is 91.7 Å². The number of ketones is 3. The number of hydrogen-bond acceptors (Lipinski definition) is 6. The van der Waals surface area contributed by atoms with Crippen LogP contribution < -0.4 is 0 Å². The van der Waals surface area contributed by atoms with Gasteiger partial charge in [-0.2, -0.15) is 0 Å². The summed E-state index contributed by atoms with van der Waals surface area (Å²) >= 11 is 4.07. The van der Waals surface area contributed by atoms with E-state index in [4.69, 9.17) is 0 Å². The number of Topliss-reactive ketones (excluding diaryl/α,β-unsaturated/α-hetero) is 3. The van der Waals surface area contributed by atoms with Crippen LogP contribution in [0.5, 0.6) is 5.75 Å². The zero-order chi connectivity index (χ0) is 19.5. The van der Waals surface area contributed by atoms with E-state index in [9.17, 15) is 24.6 Å². The first kappa shape index (κ1) is 21.4. The van der Waals surface area contributed by atoms with Crippen LogP contribution in [-0.4, -0.2) is 34.2 Å². The lowest BCUT2D eigenvalue weighted by Gasteiger charge is -2.38. The van der Waals surface area contributed by atoms with E-state index in [1.54, 1.807) is 20.8 Å². The van der Waals surface area contributed by atoms with Crippen LogP contribution in [-0.2, 0) is 9.59 Å². The van der Waals surface area contributed by atoms with Crippen molar-refractivity contribution >= 4 is 30.0 Å². The summed E-state index contributed by atoms with van der Waals surface area (Å²) in [4.78, 5) is 38.1. The Hall–Kier alpha value is -1.66. The number of carbonyl (C=O) groups excluding carboxylic acids is 3. The number of aromatic hydroxyl groups is 1. The molecular formula is C19H26O5S. The molecule has 1 aliphatic carbocycles. The van der Waals surface area contributed by atoms with Gasteiger partial charge in [0.25, 0.3) is 0 Å². The second kappa shape index (κ2) is 8.15. The Morgan fingerprint density at radius 3 is 2.36 bits per heavy atom. The van der Waals surface area contributed by atoms with Crippen molar-refractivity contribution in [3.05, 3.63) is 23.3 Å². The highest BCUT2D eigenvalue weighted by molar-refractivity contribution is 7.80. The molecule has 2 atom stereocenters. The van der Waals surface area contributed by atoms with E-state index in [-0.39, 0.29) is 24.3 Å². The van der Waals surface area contributed by atoms with Crippen LogP contribution in [0.4, 0.5) is 0 Å². The molecule has 0 radical (unpaired) electrons. The van der Waals surface area contributed by atoms with Crippen molar-refractivity contribution in [3.8, 4) is 5.75 Å². The number of aliphatic hydroxyl groups is 1. The quantitative estimate of drug-likeness (QED) is 0.434. The van der Waals surface area contributed by atoms with Gasteiger partial charge in [-0.05, 0) is 19.1 Å². The van der Waals surface area contributed by atoms with Crippen LogP contribution in [0, 0.1) is 24.2 Å². The van der Waals surface area contributed by atoms with Gasteiger partial charge < -0.3 is 10.2 Å². The number of phenolic OH excluding ortho intramolecular Hbond substituents is 1. The fourth-order valence-electron chi connectivity index (χ4n) is 3.00. The minimum atomic E-state index is -1.38. The molecule has 1 aromatic rings. The van der Waals surface area contributed by atoms with E-state index < -0.39 is 34.6 Å². The molecule has 0 amide bonds. The number of carbonyl (C=O) groups is 3. The van der Waals surface area contributed by atoms with E-state index in [2.05, 4.69) is 12.6 Å². The zero-order valence-corrected chi connectivity index (χ0v) is 16.2. The largest absolute Gasteiger partial charge is 0.506 e. The number of rotatable bonds is 3. The molecular weight excluding hydrogens is 340 g/mol. The molecule has 2 N–H and O–H groups in total. The lowest BCUT2D eigenvalue weighted by atomic mass is 9.62. The lowest BCUT2D eigenvalue weighted by molar-refractivity contribution is -0.145. The van der Waals surface area contributed by atoms with Gasteiger partial charge in [0.1, 0.15) is 11.7 Å². The number of benzene rings is 1. The average molecular weight is 366 g/mol. The summed E-state index contributed by atoms with van der Waals surface area (Å²) < 4.78 is 0. The molecule has 2 unspecified atom stereocenters. The van der Waals surface area contributed by atoms with Crippen LogP contribution >= 0.6 is 12.6 Å². The highest BCUT2D eigenvalue weighted by Crippen LogP contribution is 2.40. The average Bonchev–Trinajstić information content (AvgIpc) is 2.58. The molecule has 5 nitrogen and oxygen atoms in total. The predicted octanol–water partition coefficient (Wildman–Crippen LogP) is 2.99. The summed E-state index contributed by atoms with van der Waals surface area (Å²) in [5, 5.41) is 19.3. The first-order chi connectivity index (χ1) is 11.6. The molecule has 2 rings (SSSR count). The standard InChI is InChI=1S/C17H20O5S.C2H6/c1-8-10(4-5-12(23)14(8)20)15(21)13-11(19)6-9(7-18)17(2,3)16(13)22;1-2/h4-5,9,13,18,20,23H,6-7H2,1-3H3;1-2H3. The molecule has 0 saturated heterocycles. The third-order valence-electron chi connectivity index (χ3n) is 4.85. The first-order valence-corrected chi connectivity index (χ1v) is 8.81. The lowest BCUT2D eigenvalue weighted by Crippen LogP contribution is -2.50. The Kier molecular flexibility index (Phi) is 6.97. The van der Waals surface area contributed by atoms with Gasteiger partial charge >= 0.3 is 0 Å². The summed E-state index contributed by atoms with van der Waals surface area (Å²) in [6, 6.07) is 2.92. The molecule has 1 fully saturated rings. The fraction of sp³-hybridized carbons (Fsp3) is 0.526. The first-order valence-electron chi connectivity index (χ1n) is 8.36. The zero-order valence-electron chi connectivity index (χ0n) is 15.3. The Morgan fingerprint density at radius 2 is 1.84 bits per heavy atom. The Labute approximate surface area is 153 Å². The van der Waals surface area contributed by atoms with Crippen LogP contribution in [0.15, 0.2) is 17.0 Å². The molecule has 0 spiro atoms. The van der Waals surface area contributed by atoms with Gasteiger partial charge in [0, 0.05) is 40.4 Å². The third-order valence-corrected chi connectivity index (χ3v) is 5.21. The van der Waals surface area contributed by atoms with E-state index >= 15 is 0 Å². The molecule has 1 aliphatic rings. The molecule has 0 heterocycles. The van der Waals surface area contributed by atoms with E-state index in [1.165, 1.54) is 12.1 Å². The van der Waals surface area contributed by atoms with Crippen molar-refractivity contribution in [1.82, 2.24) is 0 Å². The van der Waals surface area contributed by atoms with Gasteiger partial charge in [0.15, 0.2) is 17.3 Å². The summed E-state index contributed by atoms with van der Waals surface area (Å²) in [5.74, 6) is -3.57. The van der Waals surface area contributed by atoms with Crippen LogP contribution in [0.25, 0.3) is 0 Å². The summed E-state index contributed by atoms with van der Waals surface area (Å²) in [7, 11) is 0. The fourth-order valence-corrected chi connectivity index (χ4v) is 3.24. The summed E-state index contributed by atoms with van der Waals surface area (Å²) in [5.41, 5.74) is -0.516. The molecule has 1 aromatic carbocycles. The highest BCUT2D eigenvalue weighted by Gasteiger charge is 2.51. The number of phenols is 1. The molecule has 0 aromatic heterocycles. The molecule has 25 heavy (non-hydrogen) atoms. The molecule has 6 heteroatoms. The van der Waals surface area contributed by atoms with Gasteiger partial charge in [-0.1, -0.05) is 27.7 Å². The number of hydrogen-bond donors (Lipinski definition) is 3. The highest BCUT2D eigenvalue weighted by atomic mass is 32.1. The second-order valence-corrected chi connectivity index (χ2v) is 7.02. The van der Waals surface area contributed by atoms with Crippen molar-refractivity contribution in [2.75, 3.05) is 6.61 Å². The monoisotopic (exact) mass is 366 g/mol. The van der Waals surface area contributed by atoms with Gasteiger partial charge in [0.05, 0.1) is 0 Å². The van der Waals surface area contributed by atoms with Crippen LogP contribution in [0.1, 0.15) is 50.0 Å². The van der Waals surface area contributed by atoms with Crippen molar-refractivity contribution in [2.45, 2.75) is 45.9 Å². The summed E-state index contributed by atoms with van der Waals surface area (Å²) in [6.45, 7) is 8.55. The second-order valence-electron chi connectivity index (χ2n) is 6.54. The molecule has 1 saturated carbocycles. The van der Waals surface area contributed by atoms with Crippen molar-refractivity contribution in [2.24, 2.45) is 17.3 Å². The summed E-state index contributed by atoms with van der Waals surface area (Å²) in [6.07, 6.45) is -0.0126.